The van der Waals surface area contributed by atoms with Gasteiger partial charge in [0.2, 0.25) is 0 Å². The first-order valence-electron chi connectivity index (χ1n) is 6.24. The number of hydrogen-bond donors (Lipinski definition) is 2. The van der Waals surface area contributed by atoms with Crippen molar-refractivity contribution < 1.29 is 13.2 Å². The van der Waals surface area contributed by atoms with Crippen LogP contribution in [0.1, 0.15) is 11.4 Å². The van der Waals surface area contributed by atoms with Gasteiger partial charge in [-0.25, -0.2) is 4.98 Å². The van der Waals surface area contributed by atoms with E-state index in [4.69, 9.17) is 0 Å². The highest BCUT2D eigenvalue weighted by atomic mass is 19.4. The zero-order valence-corrected chi connectivity index (χ0v) is 11.6. The summed E-state index contributed by atoms with van der Waals surface area (Å²) in [5, 5.41) is 13.1. The van der Waals surface area contributed by atoms with Gasteiger partial charge in [0.15, 0.2) is 0 Å². The van der Waals surface area contributed by atoms with Crippen LogP contribution in [0.4, 0.5) is 24.8 Å². The molecule has 0 saturated carbocycles. The van der Waals surface area contributed by atoms with Crippen LogP contribution < -0.4 is 10.6 Å². The molecule has 0 aromatic carbocycles. The van der Waals surface area contributed by atoms with E-state index >= 15 is 0 Å². The predicted octanol–water partition coefficient (Wildman–Crippen LogP) is 1.93. The van der Waals surface area contributed by atoms with Gasteiger partial charge in [-0.1, -0.05) is 0 Å². The third kappa shape index (κ3) is 3.83. The molecule has 2 N–H and O–H groups in total. The standard InChI is InChI=1S/C12H15F3N6/c1-16-9-5-8(12(13,14)15)6-10(19-9)17-4-3-11-20-18-7-21(11)2/h5-7H,3-4H2,1-2H3,(H2,16,17,19). The van der Waals surface area contributed by atoms with Crippen LogP contribution in [0.25, 0.3) is 0 Å². The van der Waals surface area contributed by atoms with E-state index in [1.807, 2.05) is 0 Å². The number of alkyl halides is 3. The summed E-state index contributed by atoms with van der Waals surface area (Å²) in [5.41, 5.74) is -0.747. The molecule has 2 heterocycles. The number of halogens is 3. The summed E-state index contributed by atoms with van der Waals surface area (Å²) in [6, 6.07) is 1.95. The predicted molar refractivity (Wildman–Crippen MR) is 72.0 cm³/mol. The van der Waals surface area contributed by atoms with Crippen LogP contribution >= 0.6 is 0 Å². The maximum atomic E-state index is 12.8. The van der Waals surface area contributed by atoms with Crippen LogP contribution in [-0.4, -0.2) is 33.3 Å². The van der Waals surface area contributed by atoms with E-state index in [9.17, 15) is 13.2 Å². The molecule has 2 aromatic heterocycles. The van der Waals surface area contributed by atoms with Crippen molar-refractivity contribution >= 4 is 11.6 Å². The topological polar surface area (TPSA) is 67.7 Å². The lowest BCUT2D eigenvalue weighted by Gasteiger charge is -2.12. The molecule has 0 aliphatic rings. The molecule has 21 heavy (non-hydrogen) atoms. The Morgan fingerprint density at radius 2 is 1.95 bits per heavy atom. The first kappa shape index (κ1) is 15.1. The molecule has 0 bridgehead atoms. The lowest BCUT2D eigenvalue weighted by Crippen LogP contribution is -2.12. The number of rotatable bonds is 5. The highest BCUT2D eigenvalue weighted by Gasteiger charge is 2.31. The minimum absolute atomic E-state index is 0.158. The molecule has 2 aromatic rings. The Morgan fingerprint density at radius 1 is 1.24 bits per heavy atom. The fraction of sp³-hybridized carbons (Fsp3) is 0.417. The largest absolute Gasteiger partial charge is 0.416 e. The number of aromatic nitrogens is 4. The minimum Gasteiger partial charge on any atom is -0.373 e. The summed E-state index contributed by atoms with van der Waals surface area (Å²) < 4.78 is 40.1. The van der Waals surface area contributed by atoms with Crippen molar-refractivity contribution in [3.8, 4) is 0 Å². The summed E-state index contributed by atoms with van der Waals surface area (Å²) in [5.74, 6) is 1.06. The van der Waals surface area contributed by atoms with Crippen molar-refractivity contribution in [2.24, 2.45) is 7.05 Å². The Morgan fingerprint density at radius 3 is 2.52 bits per heavy atom. The van der Waals surface area contributed by atoms with Crippen molar-refractivity contribution in [3.63, 3.8) is 0 Å². The van der Waals surface area contributed by atoms with Crippen molar-refractivity contribution in [3.05, 3.63) is 29.8 Å². The number of hydrogen-bond acceptors (Lipinski definition) is 5. The van der Waals surface area contributed by atoms with Gasteiger partial charge in [-0.3, -0.25) is 0 Å². The SMILES string of the molecule is CNc1cc(C(F)(F)F)cc(NCCc2nncn2C)n1. The second kappa shape index (κ2) is 5.98. The molecule has 0 atom stereocenters. The monoisotopic (exact) mass is 300 g/mol. The first-order chi connectivity index (χ1) is 9.90. The molecule has 0 fully saturated rings. The summed E-state index contributed by atoms with van der Waals surface area (Å²) in [4.78, 5) is 4.04. The Balaban J connectivity index is 2.07. The average molecular weight is 300 g/mol. The van der Waals surface area contributed by atoms with Gasteiger partial charge < -0.3 is 15.2 Å². The second-order valence-electron chi connectivity index (χ2n) is 4.41. The smallest absolute Gasteiger partial charge is 0.373 e. The fourth-order valence-electron chi connectivity index (χ4n) is 1.75. The molecule has 0 aliphatic heterocycles. The first-order valence-corrected chi connectivity index (χ1v) is 6.24. The molecule has 0 radical (unpaired) electrons. The van der Waals surface area contributed by atoms with Crippen LogP contribution in [-0.2, 0) is 19.6 Å². The van der Waals surface area contributed by atoms with Gasteiger partial charge in [0.25, 0.3) is 0 Å². The molecule has 0 amide bonds. The van der Waals surface area contributed by atoms with Gasteiger partial charge in [0, 0.05) is 27.1 Å². The van der Waals surface area contributed by atoms with E-state index in [1.54, 1.807) is 17.9 Å². The molecule has 6 nitrogen and oxygen atoms in total. The molecule has 0 spiro atoms. The normalized spacial score (nSPS) is 11.5. The summed E-state index contributed by atoms with van der Waals surface area (Å²) in [7, 11) is 3.32. The van der Waals surface area contributed by atoms with Crippen molar-refractivity contribution in [1.82, 2.24) is 19.7 Å². The van der Waals surface area contributed by atoms with Gasteiger partial charge in [-0.2, -0.15) is 13.2 Å². The van der Waals surface area contributed by atoms with E-state index < -0.39 is 11.7 Å². The highest BCUT2D eigenvalue weighted by Crippen LogP contribution is 2.31. The zero-order valence-electron chi connectivity index (χ0n) is 11.6. The Hall–Kier alpha value is -2.32. The maximum absolute atomic E-state index is 12.8. The quantitative estimate of drug-likeness (QED) is 0.883. The zero-order chi connectivity index (χ0) is 15.5. The number of pyridine rings is 1. The molecular formula is C12H15F3N6. The molecular weight excluding hydrogens is 285 g/mol. The highest BCUT2D eigenvalue weighted by molar-refractivity contribution is 5.49. The van der Waals surface area contributed by atoms with Crippen LogP contribution in [0.5, 0.6) is 0 Å². The molecule has 9 heteroatoms. The average Bonchev–Trinajstić information content (AvgIpc) is 2.83. The third-order valence-corrected chi connectivity index (χ3v) is 2.87. The number of nitrogens with zero attached hydrogens (tertiary/aromatic N) is 4. The second-order valence-corrected chi connectivity index (χ2v) is 4.41. The van der Waals surface area contributed by atoms with Gasteiger partial charge in [-0.05, 0) is 12.1 Å². The van der Waals surface area contributed by atoms with Crippen LogP contribution in [0.2, 0.25) is 0 Å². The molecule has 0 unspecified atom stereocenters. The Kier molecular flexibility index (Phi) is 4.29. The summed E-state index contributed by atoms with van der Waals surface area (Å²) in [6.45, 7) is 0.407. The number of nitrogens with one attached hydrogen (secondary N) is 2. The van der Waals surface area contributed by atoms with Crippen LogP contribution in [0.3, 0.4) is 0 Å². The van der Waals surface area contributed by atoms with E-state index in [1.165, 1.54) is 7.05 Å². The summed E-state index contributed by atoms with van der Waals surface area (Å²) in [6.07, 6.45) is -2.31. The van der Waals surface area contributed by atoms with Crippen LogP contribution in [0, 0.1) is 0 Å². The minimum atomic E-state index is -4.41. The number of aryl methyl sites for hydroxylation is 1. The van der Waals surface area contributed by atoms with E-state index in [2.05, 4.69) is 25.8 Å². The van der Waals surface area contributed by atoms with Crippen molar-refractivity contribution in [1.29, 1.82) is 0 Å². The van der Waals surface area contributed by atoms with Gasteiger partial charge in [0.05, 0.1) is 5.56 Å². The third-order valence-electron chi connectivity index (χ3n) is 2.87. The van der Waals surface area contributed by atoms with Gasteiger partial charge in [0.1, 0.15) is 23.8 Å². The molecule has 0 saturated heterocycles. The van der Waals surface area contributed by atoms with Gasteiger partial charge >= 0.3 is 6.18 Å². The van der Waals surface area contributed by atoms with Crippen molar-refractivity contribution in [2.45, 2.75) is 12.6 Å². The van der Waals surface area contributed by atoms with E-state index in [-0.39, 0.29) is 11.6 Å². The van der Waals surface area contributed by atoms with Crippen molar-refractivity contribution in [2.75, 3.05) is 24.2 Å². The number of anilines is 2. The lowest BCUT2D eigenvalue weighted by molar-refractivity contribution is -0.137. The van der Waals surface area contributed by atoms with Crippen LogP contribution in [0.15, 0.2) is 18.5 Å². The Labute approximate surface area is 119 Å². The van der Waals surface area contributed by atoms with Gasteiger partial charge in [-0.15, -0.1) is 10.2 Å². The fourth-order valence-corrected chi connectivity index (χ4v) is 1.75. The maximum Gasteiger partial charge on any atom is 0.416 e. The lowest BCUT2D eigenvalue weighted by atomic mass is 10.2. The Bertz CT molecular complexity index is 607. The van der Waals surface area contributed by atoms with E-state index in [0.717, 1.165) is 18.0 Å². The molecule has 0 aliphatic carbocycles. The molecule has 114 valence electrons. The van der Waals surface area contributed by atoms with E-state index in [0.29, 0.717) is 13.0 Å². The molecule has 2 rings (SSSR count). The summed E-state index contributed by atoms with van der Waals surface area (Å²) >= 11 is 0.